The molecule has 2 rings (SSSR count). The monoisotopic (exact) mass is 273 g/mol. The largest absolute Gasteiger partial charge is 0.397 e. The fraction of sp³-hybridized carbons (Fsp3) is 0.143. The quantitative estimate of drug-likeness (QED) is 0.440. The minimum Gasteiger partial charge on any atom is -0.397 e. The van der Waals surface area contributed by atoms with Gasteiger partial charge in [0.25, 0.3) is 5.69 Å². The number of aliphatic hydroxyl groups is 1. The Kier molecular flexibility index (Phi) is 4.17. The summed E-state index contributed by atoms with van der Waals surface area (Å²) in [6.07, 6.45) is 0. The maximum atomic E-state index is 10.6. The summed E-state index contributed by atoms with van der Waals surface area (Å²) >= 11 is 0. The first-order valence-electron chi connectivity index (χ1n) is 6.06. The van der Waals surface area contributed by atoms with E-state index < -0.39 is 4.92 Å². The van der Waals surface area contributed by atoms with Gasteiger partial charge in [-0.25, -0.2) is 0 Å². The molecule has 6 heteroatoms. The van der Waals surface area contributed by atoms with Crippen LogP contribution in [-0.2, 0) is 13.2 Å². The van der Waals surface area contributed by atoms with Crippen molar-refractivity contribution in [3.63, 3.8) is 0 Å². The third-order valence-electron chi connectivity index (χ3n) is 2.93. The predicted octanol–water partition coefficient (Wildman–Crippen LogP) is 2.28. The molecule has 4 N–H and O–H groups in total. The molecule has 0 aromatic heterocycles. The molecular formula is C14H15N3O3. The Morgan fingerprint density at radius 2 is 1.80 bits per heavy atom. The number of aliphatic hydroxyl groups excluding tert-OH is 1. The summed E-state index contributed by atoms with van der Waals surface area (Å²) in [5.41, 5.74) is 8.61. The molecule has 0 heterocycles. The second-order valence-electron chi connectivity index (χ2n) is 4.36. The van der Waals surface area contributed by atoms with Crippen LogP contribution in [0.25, 0.3) is 0 Å². The van der Waals surface area contributed by atoms with Crippen LogP contribution >= 0.6 is 0 Å². The van der Waals surface area contributed by atoms with Gasteiger partial charge in [-0.05, 0) is 17.2 Å². The maximum absolute atomic E-state index is 10.6. The standard InChI is InChI=1S/C14H15N3O3/c15-13-7-12(17(19)20)5-6-14(13)16-8-10-1-3-11(9-18)4-2-10/h1-7,16,18H,8-9,15H2. The Balaban J connectivity index is 2.04. The lowest BCUT2D eigenvalue weighted by atomic mass is 10.1. The van der Waals surface area contributed by atoms with E-state index in [-0.39, 0.29) is 12.3 Å². The number of nitrogens with two attached hydrogens (primary N) is 1. The molecule has 6 nitrogen and oxygen atoms in total. The second-order valence-corrected chi connectivity index (χ2v) is 4.36. The third-order valence-corrected chi connectivity index (χ3v) is 2.93. The van der Waals surface area contributed by atoms with Crippen molar-refractivity contribution in [2.45, 2.75) is 13.2 Å². The predicted molar refractivity (Wildman–Crippen MR) is 77.2 cm³/mol. The van der Waals surface area contributed by atoms with Gasteiger partial charge in [-0.2, -0.15) is 0 Å². The second kappa shape index (κ2) is 6.03. The topological polar surface area (TPSA) is 101 Å². The van der Waals surface area contributed by atoms with Gasteiger partial charge in [-0.1, -0.05) is 24.3 Å². The number of anilines is 2. The highest BCUT2D eigenvalue weighted by Gasteiger charge is 2.08. The fourth-order valence-electron chi connectivity index (χ4n) is 1.78. The number of nitrogen functional groups attached to an aromatic ring is 1. The van der Waals surface area contributed by atoms with Crippen molar-refractivity contribution < 1.29 is 10.0 Å². The van der Waals surface area contributed by atoms with Crippen LogP contribution in [0.4, 0.5) is 17.1 Å². The summed E-state index contributed by atoms with van der Waals surface area (Å²) in [6, 6.07) is 11.8. The van der Waals surface area contributed by atoms with E-state index >= 15 is 0 Å². The van der Waals surface area contributed by atoms with Gasteiger partial charge < -0.3 is 16.2 Å². The van der Waals surface area contributed by atoms with Crippen molar-refractivity contribution in [2.24, 2.45) is 0 Å². The lowest BCUT2D eigenvalue weighted by molar-refractivity contribution is -0.384. The molecule has 0 saturated heterocycles. The highest BCUT2D eigenvalue weighted by molar-refractivity contribution is 5.69. The van der Waals surface area contributed by atoms with Gasteiger partial charge in [-0.3, -0.25) is 10.1 Å². The van der Waals surface area contributed by atoms with Crippen molar-refractivity contribution in [1.82, 2.24) is 0 Å². The number of nitrogens with zero attached hydrogens (tertiary/aromatic N) is 1. The van der Waals surface area contributed by atoms with Crippen LogP contribution in [0.2, 0.25) is 0 Å². The molecule has 0 saturated carbocycles. The van der Waals surface area contributed by atoms with E-state index in [1.165, 1.54) is 12.1 Å². The first kappa shape index (κ1) is 13.8. The Morgan fingerprint density at radius 1 is 1.15 bits per heavy atom. The Morgan fingerprint density at radius 3 is 2.35 bits per heavy atom. The molecule has 0 unspecified atom stereocenters. The lowest BCUT2D eigenvalue weighted by Gasteiger charge is -2.09. The summed E-state index contributed by atoms with van der Waals surface area (Å²) in [7, 11) is 0. The van der Waals surface area contributed by atoms with Crippen molar-refractivity contribution >= 4 is 17.1 Å². The summed E-state index contributed by atoms with van der Waals surface area (Å²) in [6.45, 7) is 0.566. The zero-order chi connectivity index (χ0) is 14.5. The lowest BCUT2D eigenvalue weighted by Crippen LogP contribution is -2.03. The van der Waals surface area contributed by atoms with E-state index in [0.717, 1.165) is 11.1 Å². The zero-order valence-electron chi connectivity index (χ0n) is 10.7. The zero-order valence-corrected chi connectivity index (χ0v) is 10.7. The first-order chi connectivity index (χ1) is 9.60. The normalized spacial score (nSPS) is 10.2. The van der Waals surface area contributed by atoms with E-state index in [2.05, 4.69) is 5.32 Å². The highest BCUT2D eigenvalue weighted by Crippen LogP contribution is 2.24. The number of hydrogen-bond donors (Lipinski definition) is 3. The number of nitro groups is 1. The minimum atomic E-state index is -0.478. The molecule has 0 bridgehead atoms. The molecule has 20 heavy (non-hydrogen) atoms. The number of benzene rings is 2. The molecule has 0 amide bonds. The number of nitrogens with one attached hydrogen (secondary N) is 1. The van der Waals surface area contributed by atoms with Gasteiger partial charge in [-0.15, -0.1) is 0 Å². The van der Waals surface area contributed by atoms with E-state index in [1.54, 1.807) is 6.07 Å². The van der Waals surface area contributed by atoms with E-state index in [9.17, 15) is 10.1 Å². The summed E-state index contributed by atoms with van der Waals surface area (Å²) in [5.74, 6) is 0. The smallest absolute Gasteiger partial charge is 0.271 e. The van der Waals surface area contributed by atoms with Crippen LogP contribution in [0.3, 0.4) is 0 Å². The van der Waals surface area contributed by atoms with Crippen LogP contribution in [0.1, 0.15) is 11.1 Å². The van der Waals surface area contributed by atoms with Crippen molar-refractivity contribution in [3.8, 4) is 0 Å². The van der Waals surface area contributed by atoms with E-state index in [1.807, 2.05) is 24.3 Å². The summed E-state index contributed by atoms with van der Waals surface area (Å²) < 4.78 is 0. The van der Waals surface area contributed by atoms with Crippen LogP contribution in [-0.4, -0.2) is 10.0 Å². The number of hydrogen-bond acceptors (Lipinski definition) is 5. The molecule has 2 aromatic rings. The molecule has 0 atom stereocenters. The van der Waals surface area contributed by atoms with E-state index in [0.29, 0.717) is 17.9 Å². The van der Waals surface area contributed by atoms with Crippen LogP contribution in [0.5, 0.6) is 0 Å². The maximum Gasteiger partial charge on any atom is 0.271 e. The third kappa shape index (κ3) is 3.24. The van der Waals surface area contributed by atoms with Gasteiger partial charge in [0.15, 0.2) is 0 Å². The van der Waals surface area contributed by atoms with Crippen molar-refractivity contribution in [3.05, 3.63) is 63.7 Å². The fourth-order valence-corrected chi connectivity index (χ4v) is 1.78. The Bertz CT molecular complexity index is 612. The average Bonchev–Trinajstić information content (AvgIpc) is 2.46. The average molecular weight is 273 g/mol. The van der Waals surface area contributed by atoms with Crippen LogP contribution in [0.15, 0.2) is 42.5 Å². The molecule has 0 radical (unpaired) electrons. The van der Waals surface area contributed by atoms with Crippen molar-refractivity contribution in [1.29, 1.82) is 0 Å². The van der Waals surface area contributed by atoms with Gasteiger partial charge in [0.05, 0.1) is 22.9 Å². The van der Waals surface area contributed by atoms with Gasteiger partial charge in [0.2, 0.25) is 0 Å². The molecule has 0 aliphatic heterocycles. The number of rotatable bonds is 5. The molecular weight excluding hydrogens is 258 g/mol. The minimum absolute atomic E-state index is 0.0169. The molecule has 0 aliphatic carbocycles. The SMILES string of the molecule is Nc1cc([N+](=O)[O-])ccc1NCc1ccc(CO)cc1. The summed E-state index contributed by atoms with van der Waals surface area (Å²) in [4.78, 5) is 10.1. The Labute approximate surface area is 116 Å². The van der Waals surface area contributed by atoms with Crippen LogP contribution < -0.4 is 11.1 Å². The molecule has 0 fully saturated rings. The van der Waals surface area contributed by atoms with Gasteiger partial charge in [0.1, 0.15) is 0 Å². The number of nitro benzene ring substituents is 1. The molecule has 2 aromatic carbocycles. The van der Waals surface area contributed by atoms with E-state index in [4.69, 9.17) is 10.8 Å². The molecule has 0 aliphatic rings. The van der Waals surface area contributed by atoms with Crippen molar-refractivity contribution in [2.75, 3.05) is 11.1 Å². The molecule has 104 valence electrons. The summed E-state index contributed by atoms with van der Waals surface area (Å²) in [5, 5.41) is 22.7. The Hall–Kier alpha value is -2.60. The molecule has 0 spiro atoms. The van der Waals surface area contributed by atoms with Gasteiger partial charge >= 0.3 is 0 Å². The van der Waals surface area contributed by atoms with Crippen LogP contribution in [0, 0.1) is 10.1 Å². The first-order valence-corrected chi connectivity index (χ1v) is 6.06. The highest BCUT2D eigenvalue weighted by atomic mass is 16.6. The number of non-ortho nitro benzene ring substituents is 1. The van der Waals surface area contributed by atoms with Gasteiger partial charge in [0, 0.05) is 18.7 Å².